The number of furan rings is 1. The van der Waals surface area contributed by atoms with Crippen LogP contribution in [0.4, 0.5) is 0 Å². The predicted octanol–water partition coefficient (Wildman–Crippen LogP) is 2.37. The Bertz CT molecular complexity index is 355. The number of carbonyl (C=O) groups excluding carboxylic acids is 1. The summed E-state index contributed by atoms with van der Waals surface area (Å²) in [6.45, 7) is 1.91. The van der Waals surface area contributed by atoms with Gasteiger partial charge in [0.1, 0.15) is 17.6 Å². The Morgan fingerprint density at radius 1 is 1.53 bits per heavy atom. The summed E-state index contributed by atoms with van der Waals surface area (Å²) in [4.78, 5) is 10.9. The zero-order chi connectivity index (χ0) is 10.8. The molecular formula is C11H14O4. The topological polar surface area (TPSA) is 48.7 Å². The predicted molar refractivity (Wildman–Crippen MR) is 52.2 cm³/mol. The van der Waals surface area contributed by atoms with Crippen molar-refractivity contribution in [1.29, 1.82) is 0 Å². The summed E-state index contributed by atoms with van der Waals surface area (Å²) in [5, 5.41) is 0. The number of methoxy groups -OCH3 is 1. The van der Waals surface area contributed by atoms with Crippen LogP contribution in [0.25, 0.3) is 0 Å². The number of hydrogen-bond donors (Lipinski definition) is 0. The molecule has 1 aromatic heterocycles. The lowest BCUT2D eigenvalue weighted by Crippen LogP contribution is -1.97. The molecule has 0 radical (unpaired) electrons. The molecule has 4 heteroatoms. The normalized spacial score (nSPS) is 22.8. The fraction of sp³-hybridized carbons (Fsp3) is 0.545. The van der Waals surface area contributed by atoms with Crippen LogP contribution in [0.3, 0.4) is 0 Å². The summed E-state index contributed by atoms with van der Waals surface area (Å²) in [5.41, 5.74) is 0. The van der Waals surface area contributed by atoms with Gasteiger partial charge in [-0.2, -0.15) is 0 Å². The van der Waals surface area contributed by atoms with Crippen LogP contribution in [0.5, 0.6) is 0 Å². The maximum atomic E-state index is 10.9. The van der Waals surface area contributed by atoms with Crippen LogP contribution in [0, 0.1) is 0 Å². The van der Waals surface area contributed by atoms with E-state index in [-0.39, 0.29) is 18.2 Å². The van der Waals surface area contributed by atoms with Gasteiger partial charge in [-0.25, -0.2) is 0 Å². The lowest BCUT2D eigenvalue weighted by atomic mass is 10.2. The summed E-state index contributed by atoms with van der Waals surface area (Å²) in [6, 6.07) is 3.70. The molecule has 1 saturated heterocycles. The van der Waals surface area contributed by atoms with Crippen LogP contribution in [0.15, 0.2) is 16.5 Å². The summed E-state index contributed by atoms with van der Waals surface area (Å²) in [6.07, 6.45) is 0.888. The molecule has 0 aromatic carbocycles. The molecule has 1 aliphatic rings. The zero-order valence-electron chi connectivity index (χ0n) is 8.86. The first kappa shape index (κ1) is 10.2. The molecule has 0 N–H and O–H groups in total. The van der Waals surface area contributed by atoms with E-state index in [4.69, 9.17) is 13.9 Å². The number of rotatable bonds is 3. The van der Waals surface area contributed by atoms with Crippen molar-refractivity contribution in [2.75, 3.05) is 7.11 Å². The van der Waals surface area contributed by atoms with Crippen molar-refractivity contribution in [3.05, 3.63) is 23.7 Å². The van der Waals surface area contributed by atoms with Gasteiger partial charge in [0.25, 0.3) is 0 Å². The molecule has 0 saturated carbocycles. The van der Waals surface area contributed by atoms with Gasteiger partial charge in [-0.3, -0.25) is 4.79 Å². The van der Waals surface area contributed by atoms with E-state index in [1.54, 1.807) is 7.11 Å². The molecule has 0 amide bonds. The van der Waals surface area contributed by atoms with Crippen LogP contribution in [0.2, 0.25) is 0 Å². The van der Waals surface area contributed by atoms with Gasteiger partial charge in [0.15, 0.2) is 6.10 Å². The SMILES string of the molecule is COC(C)c1ccc(C2CCC(=O)O2)o1. The van der Waals surface area contributed by atoms with Crippen molar-refractivity contribution in [2.24, 2.45) is 0 Å². The smallest absolute Gasteiger partial charge is 0.306 e. The number of hydrogen-bond acceptors (Lipinski definition) is 4. The Kier molecular flexibility index (Phi) is 2.77. The maximum absolute atomic E-state index is 10.9. The quantitative estimate of drug-likeness (QED) is 0.718. The Labute approximate surface area is 88.2 Å². The summed E-state index contributed by atoms with van der Waals surface area (Å²) < 4.78 is 15.8. The largest absolute Gasteiger partial charge is 0.459 e. The minimum Gasteiger partial charge on any atom is -0.459 e. The third-order valence-corrected chi connectivity index (χ3v) is 2.60. The van der Waals surface area contributed by atoms with Gasteiger partial charge in [0.2, 0.25) is 0 Å². The summed E-state index contributed by atoms with van der Waals surface area (Å²) in [7, 11) is 1.63. The van der Waals surface area contributed by atoms with E-state index in [1.165, 1.54) is 0 Å². The van der Waals surface area contributed by atoms with E-state index in [0.29, 0.717) is 18.6 Å². The first-order chi connectivity index (χ1) is 7.20. The number of esters is 1. The minimum absolute atomic E-state index is 0.0733. The molecule has 1 fully saturated rings. The molecule has 0 spiro atoms. The highest BCUT2D eigenvalue weighted by molar-refractivity contribution is 5.71. The number of cyclic esters (lactones) is 1. The lowest BCUT2D eigenvalue weighted by Gasteiger charge is -2.07. The molecule has 82 valence electrons. The first-order valence-corrected chi connectivity index (χ1v) is 5.02. The molecule has 2 unspecified atom stereocenters. The third-order valence-electron chi connectivity index (χ3n) is 2.60. The highest BCUT2D eigenvalue weighted by Crippen LogP contribution is 2.32. The van der Waals surface area contributed by atoms with E-state index >= 15 is 0 Å². The average Bonchev–Trinajstić information content (AvgIpc) is 2.84. The first-order valence-electron chi connectivity index (χ1n) is 5.02. The van der Waals surface area contributed by atoms with E-state index in [1.807, 2.05) is 19.1 Å². The lowest BCUT2D eigenvalue weighted by molar-refractivity contribution is -0.142. The van der Waals surface area contributed by atoms with E-state index in [9.17, 15) is 4.79 Å². The molecule has 2 atom stereocenters. The molecule has 1 aliphatic heterocycles. The van der Waals surface area contributed by atoms with Gasteiger partial charge >= 0.3 is 5.97 Å². The maximum Gasteiger partial charge on any atom is 0.306 e. The van der Waals surface area contributed by atoms with Gasteiger partial charge in [0.05, 0.1) is 0 Å². The van der Waals surface area contributed by atoms with Crippen molar-refractivity contribution in [3.63, 3.8) is 0 Å². The van der Waals surface area contributed by atoms with Crippen LogP contribution < -0.4 is 0 Å². The highest BCUT2D eigenvalue weighted by Gasteiger charge is 2.27. The van der Waals surface area contributed by atoms with Crippen LogP contribution >= 0.6 is 0 Å². The summed E-state index contributed by atoms with van der Waals surface area (Å²) in [5.74, 6) is 1.31. The number of carbonyl (C=O) groups is 1. The second-order valence-electron chi connectivity index (χ2n) is 3.64. The van der Waals surface area contributed by atoms with E-state index < -0.39 is 0 Å². The standard InChI is InChI=1S/C11H14O4/c1-7(13-2)8-3-4-9(14-8)10-5-6-11(12)15-10/h3-4,7,10H,5-6H2,1-2H3. The molecule has 15 heavy (non-hydrogen) atoms. The van der Waals surface area contributed by atoms with Gasteiger partial charge in [-0.1, -0.05) is 0 Å². The molecule has 1 aromatic rings. The highest BCUT2D eigenvalue weighted by atomic mass is 16.6. The third kappa shape index (κ3) is 2.04. The van der Waals surface area contributed by atoms with Gasteiger partial charge in [-0.05, 0) is 19.1 Å². The van der Waals surface area contributed by atoms with Gasteiger partial charge in [-0.15, -0.1) is 0 Å². The summed E-state index contributed by atoms with van der Waals surface area (Å²) >= 11 is 0. The van der Waals surface area contributed by atoms with Crippen LogP contribution in [-0.4, -0.2) is 13.1 Å². The second kappa shape index (κ2) is 4.06. The average molecular weight is 210 g/mol. The number of ether oxygens (including phenoxy) is 2. The van der Waals surface area contributed by atoms with E-state index in [2.05, 4.69) is 0 Å². The molecule has 0 aliphatic carbocycles. The van der Waals surface area contributed by atoms with Crippen molar-refractivity contribution >= 4 is 5.97 Å². The van der Waals surface area contributed by atoms with E-state index in [0.717, 1.165) is 5.76 Å². The van der Waals surface area contributed by atoms with Gasteiger partial charge in [0, 0.05) is 20.0 Å². The van der Waals surface area contributed by atoms with Crippen LogP contribution in [0.1, 0.15) is 43.5 Å². The Morgan fingerprint density at radius 3 is 2.93 bits per heavy atom. The molecule has 2 heterocycles. The Morgan fingerprint density at radius 2 is 2.33 bits per heavy atom. The van der Waals surface area contributed by atoms with Crippen LogP contribution in [-0.2, 0) is 14.3 Å². The molecular weight excluding hydrogens is 196 g/mol. The van der Waals surface area contributed by atoms with Crippen molar-refractivity contribution in [3.8, 4) is 0 Å². The van der Waals surface area contributed by atoms with Crippen molar-refractivity contribution in [1.82, 2.24) is 0 Å². The Balaban J connectivity index is 2.10. The zero-order valence-corrected chi connectivity index (χ0v) is 8.86. The fourth-order valence-electron chi connectivity index (χ4n) is 1.60. The molecule has 2 rings (SSSR count). The Hall–Kier alpha value is -1.29. The van der Waals surface area contributed by atoms with Gasteiger partial charge < -0.3 is 13.9 Å². The fourth-order valence-corrected chi connectivity index (χ4v) is 1.60. The van der Waals surface area contributed by atoms with Crippen molar-refractivity contribution in [2.45, 2.75) is 32.0 Å². The molecule has 4 nitrogen and oxygen atoms in total. The minimum atomic E-state index is -0.213. The van der Waals surface area contributed by atoms with Crippen molar-refractivity contribution < 1.29 is 18.7 Å². The molecule has 0 bridgehead atoms. The second-order valence-corrected chi connectivity index (χ2v) is 3.64. The monoisotopic (exact) mass is 210 g/mol.